The number of hydrogen-bond donors (Lipinski definition) is 1. The third-order valence-corrected chi connectivity index (χ3v) is 4.89. The fourth-order valence-electron chi connectivity index (χ4n) is 1.61. The molecule has 0 saturated heterocycles. The Morgan fingerprint density at radius 2 is 1.65 bits per heavy atom. The Morgan fingerprint density at radius 1 is 1.00 bits per heavy atom. The van der Waals surface area contributed by atoms with E-state index in [1.807, 2.05) is 12.1 Å². The number of carboxylic acid groups (broad SMARTS) is 1. The predicted molar refractivity (Wildman–Crippen MR) is 81.2 cm³/mol. The smallest absolute Gasteiger partial charge is 0.336 e. The molecule has 2 nitrogen and oxygen atoms in total. The standard InChI is InChI=1S/C15H13FO2S2/c16-11-5-7-12(8-6-11)19-9-10-20-14-4-2-1-3-13(14)15(17)18/h1-8H,9-10H2,(H,17,18). The van der Waals surface area contributed by atoms with E-state index in [1.165, 1.54) is 23.9 Å². The van der Waals surface area contributed by atoms with Gasteiger partial charge in [-0.05, 0) is 36.4 Å². The second-order valence-corrected chi connectivity index (χ2v) is 6.26. The number of benzene rings is 2. The van der Waals surface area contributed by atoms with E-state index in [0.29, 0.717) is 5.56 Å². The van der Waals surface area contributed by atoms with E-state index in [4.69, 9.17) is 5.11 Å². The first kappa shape index (κ1) is 14.9. The molecule has 0 amide bonds. The molecule has 0 spiro atoms. The van der Waals surface area contributed by atoms with Crippen LogP contribution in [0.15, 0.2) is 58.3 Å². The Bertz CT molecular complexity index is 585. The fraction of sp³-hybridized carbons (Fsp3) is 0.133. The second kappa shape index (κ2) is 7.36. The average Bonchev–Trinajstić information content (AvgIpc) is 2.46. The second-order valence-electron chi connectivity index (χ2n) is 3.95. The van der Waals surface area contributed by atoms with Crippen molar-refractivity contribution in [3.05, 3.63) is 59.9 Å². The van der Waals surface area contributed by atoms with Crippen LogP contribution in [0.3, 0.4) is 0 Å². The summed E-state index contributed by atoms with van der Waals surface area (Å²) in [5.41, 5.74) is 0.337. The minimum absolute atomic E-state index is 0.237. The first-order valence-electron chi connectivity index (χ1n) is 6.00. The Labute approximate surface area is 125 Å². The lowest BCUT2D eigenvalue weighted by Gasteiger charge is -2.05. The first-order chi connectivity index (χ1) is 9.66. The van der Waals surface area contributed by atoms with Crippen LogP contribution in [0, 0.1) is 5.82 Å². The number of halogens is 1. The maximum atomic E-state index is 12.7. The number of aromatic carboxylic acids is 1. The van der Waals surface area contributed by atoms with Crippen LogP contribution in [0.4, 0.5) is 4.39 Å². The number of carbonyl (C=O) groups is 1. The van der Waals surface area contributed by atoms with Crippen LogP contribution in [-0.2, 0) is 0 Å². The molecular weight excluding hydrogens is 295 g/mol. The highest BCUT2D eigenvalue weighted by atomic mass is 32.2. The lowest BCUT2D eigenvalue weighted by molar-refractivity contribution is 0.0693. The molecule has 0 aliphatic carbocycles. The summed E-state index contributed by atoms with van der Waals surface area (Å²) < 4.78 is 12.7. The SMILES string of the molecule is O=C(O)c1ccccc1SCCSc1ccc(F)cc1. The van der Waals surface area contributed by atoms with E-state index in [0.717, 1.165) is 21.3 Å². The number of thioether (sulfide) groups is 2. The van der Waals surface area contributed by atoms with Crippen molar-refractivity contribution in [1.29, 1.82) is 0 Å². The van der Waals surface area contributed by atoms with Crippen LogP contribution in [0.25, 0.3) is 0 Å². The molecular formula is C15H13FO2S2. The summed E-state index contributed by atoms with van der Waals surface area (Å²) >= 11 is 3.15. The summed E-state index contributed by atoms with van der Waals surface area (Å²) in [6, 6.07) is 13.4. The van der Waals surface area contributed by atoms with Gasteiger partial charge in [-0.2, -0.15) is 0 Å². The van der Waals surface area contributed by atoms with Gasteiger partial charge in [0.15, 0.2) is 0 Å². The van der Waals surface area contributed by atoms with Crippen LogP contribution < -0.4 is 0 Å². The van der Waals surface area contributed by atoms with Crippen molar-refractivity contribution >= 4 is 29.5 Å². The highest BCUT2D eigenvalue weighted by Crippen LogP contribution is 2.25. The summed E-state index contributed by atoms with van der Waals surface area (Å²) in [7, 11) is 0. The predicted octanol–water partition coefficient (Wildman–Crippen LogP) is 4.41. The van der Waals surface area contributed by atoms with Gasteiger partial charge in [-0.15, -0.1) is 23.5 Å². The zero-order valence-electron chi connectivity index (χ0n) is 10.6. The van der Waals surface area contributed by atoms with Crippen LogP contribution in [0.1, 0.15) is 10.4 Å². The van der Waals surface area contributed by atoms with E-state index in [1.54, 1.807) is 36.0 Å². The zero-order chi connectivity index (χ0) is 14.4. The van der Waals surface area contributed by atoms with Crippen molar-refractivity contribution in [3.63, 3.8) is 0 Å². The Morgan fingerprint density at radius 3 is 2.35 bits per heavy atom. The van der Waals surface area contributed by atoms with Gasteiger partial charge in [-0.1, -0.05) is 12.1 Å². The Hall–Kier alpha value is -1.46. The van der Waals surface area contributed by atoms with Crippen molar-refractivity contribution in [2.24, 2.45) is 0 Å². The molecule has 20 heavy (non-hydrogen) atoms. The average molecular weight is 308 g/mol. The summed E-state index contributed by atoms with van der Waals surface area (Å²) in [6.07, 6.45) is 0. The van der Waals surface area contributed by atoms with Crippen molar-refractivity contribution in [2.45, 2.75) is 9.79 Å². The van der Waals surface area contributed by atoms with Gasteiger partial charge in [-0.25, -0.2) is 9.18 Å². The van der Waals surface area contributed by atoms with Gasteiger partial charge in [0, 0.05) is 21.3 Å². The number of carboxylic acids is 1. The Balaban J connectivity index is 1.84. The van der Waals surface area contributed by atoms with Gasteiger partial charge < -0.3 is 5.11 Å². The molecule has 0 atom stereocenters. The third-order valence-electron chi connectivity index (χ3n) is 2.54. The summed E-state index contributed by atoms with van der Waals surface area (Å²) in [4.78, 5) is 12.8. The van der Waals surface area contributed by atoms with E-state index >= 15 is 0 Å². The van der Waals surface area contributed by atoms with E-state index in [-0.39, 0.29) is 5.82 Å². The molecule has 5 heteroatoms. The molecule has 0 bridgehead atoms. The molecule has 0 aliphatic rings. The largest absolute Gasteiger partial charge is 0.478 e. The van der Waals surface area contributed by atoms with Crippen molar-refractivity contribution in [2.75, 3.05) is 11.5 Å². The van der Waals surface area contributed by atoms with Crippen molar-refractivity contribution in [3.8, 4) is 0 Å². The maximum Gasteiger partial charge on any atom is 0.336 e. The van der Waals surface area contributed by atoms with Gasteiger partial charge in [0.25, 0.3) is 0 Å². The maximum absolute atomic E-state index is 12.7. The van der Waals surface area contributed by atoms with Gasteiger partial charge >= 0.3 is 5.97 Å². The number of hydrogen-bond acceptors (Lipinski definition) is 3. The highest BCUT2D eigenvalue weighted by molar-refractivity contribution is 8.03. The van der Waals surface area contributed by atoms with Crippen LogP contribution in [-0.4, -0.2) is 22.6 Å². The lowest BCUT2D eigenvalue weighted by atomic mass is 10.2. The van der Waals surface area contributed by atoms with Gasteiger partial charge in [0.1, 0.15) is 5.82 Å². The molecule has 1 N–H and O–H groups in total. The molecule has 0 aliphatic heterocycles. The molecule has 0 radical (unpaired) electrons. The molecule has 2 rings (SSSR count). The van der Waals surface area contributed by atoms with Gasteiger partial charge in [0.05, 0.1) is 5.56 Å². The Kier molecular flexibility index (Phi) is 5.49. The number of rotatable bonds is 6. The quantitative estimate of drug-likeness (QED) is 0.633. The van der Waals surface area contributed by atoms with E-state index in [2.05, 4.69) is 0 Å². The van der Waals surface area contributed by atoms with Crippen LogP contribution in [0.2, 0.25) is 0 Å². The minimum Gasteiger partial charge on any atom is -0.478 e. The summed E-state index contributed by atoms with van der Waals surface area (Å²) in [6.45, 7) is 0. The molecule has 104 valence electrons. The van der Waals surface area contributed by atoms with E-state index < -0.39 is 5.97 Å². The first-order valence-corrected chi connectivity index (χ1v) is 7.97. The molecule has 0 aromatic heterocycles. The molecule has 0 saturated carbocycles. The van der Waals surface area contributed by atoms with Crippen LogP contribution >= 0.6 is 23.5 Å². The molecule has 0 unspecified atom stereocenters. The zero-order valence-corrected chi connectivity index (χ0v) is 12.2. The van der Waals surface area contributed by atoms with Crippen LogP contribution in [0.5, 0.6) is 0 Å². The monoisotopic (exact) mass is 308 g/mol. The van der Waals surface area contributed by atoms with Crippen molar-refractivity contribution in [1.82, 2.24) is 0 Å². The minimum atomic E-state index is -0.903. The molecule has 2 aromatic rings. The molecule has 2 aromatic carbocycles. The van der Waals surface area contributed by atoms with E-state index in [9.17, 15) is 9.18 Å². The third kappa shape index (κ3) is 4.28. The lowest BCUT2D eigenvalue weighted by Crippen LogP contribution is -1.98. The molecule has 0 fully saturated rings. The summed E-state index contributed by atoms with van der Waals surface area (Å²) in [5.74, 6) is 0.495. The highest BCUT2D eigenvalue weighted by Gasteiger charge is 2.08. The topological polar surface area (TPSA) is 37.3 Å². The summed E-state index contributed by atoms with van der Waals surface area (Å²) in [5, 5.41) is 9.07. The van der Waals surface area contributed by atoms with Crippen molar-refractivity contribution < 1.29 is 14.3 Å². The van der Waals surface area contributed by atoms with Gasteiger partial charge in [0.2, 0.25) is 0 Å². The normalized spacial score (nSPS) is 10.4. The fourth-order valence-corrected chi connectivity index (χ4v) is 3.55. The molecule has 0 heterocycles. The van der Waals surface area contributed by atoms with Gasteiger partial charge in [-0.3, -0.25) is 0 Å².